The van der Waals surface area contributed by atoms with Crippen molar-refractivity contribution >= 4 is 34.9 Å². The predicted octanol–water partition coefficient (Wildman–Crippen LogP) is 3.85. The van der Waals surface area contributed by atoms with Gasteiger partial charge < -0.3 is 5.32 Å². The number of alkyl halides is 3. The standard InChI is InChI=1S/C16H12Cl2F3N3O2/c1-24-15(26)12(18)11(17)13(23-24)22-14(25)10-6-9(10)7-2-4-8(5-3-7)16(19,20)21/h2-5,9-10H,6H2,1H3,(H,22,23,25)/t9-,10+/m1/s1. The molecule has 3 rings (SSSR count). The van der Waals surface area contributed by atoms with Crippen LogP contribution in [-0.2, 0) is 18.0 Å². The molecule has 1 amide bonds. The molecule has 1 heterocycles. The Bertz CT molecular complexity index is 926. The molecule has 0 unspecified atom stereocenters. The molecule has 1 fully saturated rings. The molecule has 1 saturated carbocycles. The van der Waals surface area contributed by atoms with Gasteiger partial charge in [0.05, 0.1) is 5.56 Å². The van der Waals surface area contributed by atoms with Crippen molar-refractivity contribution in [3.63, 3.8) is 0 Å². The van der Waals surface area contributed by atoms with Crippen LogP contribution in [0, 0.1) is 5.92 Å². The monoisotopic (exact) mass is 405 g/mol. The first-order valence-electron chi connectivity index (χ1n) is 7.50. The largest absolute Gasteiger partial charge is 0.416 e. The molecule has 138 valence electrons. The van der Waals surface area contributed by atoms with Gasteiger partial charge in [0.1, 0.15) is 10.0 Å². The zero-order valence-corrected chi connectivity index (χ0v) is 14.8. The van der Waals surface area contributed by atoms with E-state index in [0.717, 1.165) is 16.8 Å². The van der Waals surface area contributed by atoms with Crippen LogP contribution in [0.25, 0.3) is 0 Å². The maximum absolute atomic E-state index is 12.6. The molecule has 2 aromatic rings. The Morgan fingerprint density at radius 1 is 1.23 bits per heavy atom. The van der Waals surface area contributed by atoms with Gasteiger partial charge in [0.2, 0.25) is 5.91 Å². The first kappa shape index (κ1) is 18.7. The highest BCUT2D eigenvalue weighted by Gasteiger charge is 2.44. The smallest absolute Gasteiger partial charge is 0.308 e. The van der Waals surface area contributed by atoms with Crippen LogP contribution in [0.3, 0.4) is 0 Å². The fourth-order valence-electron chi connectivity index (χ4n) is 2.64. The second kappa shape index (κ2) is 6.59. The summed E-state index contributed by atoms with van der Waals surface area (Å²) in [7, 11) is 1.36. The number of nitrogens with one attached hydrogen (secondary N) is 1. The Balaban J connectivity index is 1.71. The van der Waals surface area contributed by atoms with Crippen molar-refractivity contribution in [2.24, 2.45) is 13.0 Å². The van der Waals surface area contributed by atoms with Crippen molar-refractivity contribution in [1.29, 1.82) is 0 Å². The summed E-state index contributed by atoms with van der Waals surface area (Å²) in [6.07, 6.45) is -3.90. The van der Waals surface area contributed by atoms with Crippen molar-refractivity contribution in [3.05, 3.63) is 55.8 Å². The lowest BCUT2D eigenvalue weighted by Gasteiger charge is -2.09. The van der Waals surface area contributed by atoms with E-state index < -0.39 is 23.2 Å². The first-order chi connectivity index (χ1) is 12.1. The Kier molecular flexibility index (Phi) is 4.74. The summed E-state index contributed by atoms with van der Waals surface area (Å²) in [6.45, 7) is 0. The maximum Gasteiger partial charge on any atom is 0.416 e. The lowest BCUT2D eigenvalue weighted by atomic mass is 10.1. The molecule has 1 N–H and O–H groups in total. The maximum atomic E-state index is 12.6. The summed E-state index contributed by atoms with van der Waals surface area (Å²) >= 11 is 11.7. The van der Waals surface area contributed by atoms with E-state index in [2.05, 4.69) is 10.4 Å². The minimum absolute atomic E-state index is 0.0400. The van der Waals surface area contributed by atoms with Gasteiger partial charge in [-0.05, 0) is 30.0 Å². The number of hydrogen-bond acceptors (Lipinski definition) is 3. The molecule has 0 radical (unpaired) electrons. The fraction of sp³-hybridized carbons (Fsp3) is 0.312. The molecule has 1 aromatic carbocycles. The highest BCUT2D eigenvalue weighted by atomic mass is 35.5. The molecule has 0 bridgehead atoms. The van der Waals surface area contributed by atoms with E-state index in [9.17, 15) is 22.8 Å². The number of aryl methyl sites for hydroxylation is 1. The van der Waals surface area contributed by atoms with Crippen LogP contribution in [0.15, 0.2) is 29.1 Å². The topological polar surface area (TPSA) is 64.0 Å². The van der Waals surface area contributed by atoms with Gasteiger partial charge >= 0.3 is 6.18 Å². The van der Waals surface area contributed by atoms with Crippen LogP contribution >= 0.6 is 23.2 Å². The Labute approximate surface area is 155 Å². The van der Waals surface area contributed by atoms with Gasteiger partial charge in [0, 0.05) is 13.0 Å². The minimum Gasteiger partial charge on any atom is -0.308 e. The van der Waals surface area contributed by atoms with Gasteiger partial charge in [-0.25, -0.2) is 4.68 Å². The molecule has 0 spiro atoms. The third kappa shape index (κ3) is 3.57. The molecule has 2 atom stereocenters. The number of carbonyl (C=O) groups is 1. The minimum atomic E-state index is -4.40. The first-order valence-corrected chi connectivity index (χ1v) is 8.25. The lowest BCUT2D eigenvalue weighted by molar-refractivity contribution is -0.137. The molecular formula is C16H12Cl2F3N3O2. The molecule has 0 saturated heterocycles. The second-order valence-electron chi connectivity index (χ2n) is 5.96. The van der Waals surface area contributed by atoms with E-state index in [1.807, 2.05) is 0 Å². The van der Waals surface area contributed by atoms with Gasteiger partial charge in [-0.15, -0.1) is 0 Å². The average Bonchev–Trinajstić information content (AvgIpc) is 3.38. The molecule has 1 aliphatic rings. The fourth-order valence-corrected chi connectivity index (χ4v) is 3.02. The highest BCUT2D eigenvalue weighted by Crippen LogP contribution is 2.48. The second-order valence-corrected chi connectivity index (χ2v) is 6.72. The Hall–Kier alpha value is -2.06. The molecule has 5 nitrogen and oxygen atoms in total. The van der Waals surface area contributed by atoms with Crippen molar-refractivity contribution in [2.75, 3.05) is 5.32 Å². The van der Waals surface area contributed by atoms with Crippen LogP contribution in [0.4, 0.5) is 19.0 Å². The van der Waals surface area contributed by atoms with E-state index in [4.69, 9.17) is 23.2 Å². The number of hydrogen-bond donors (Lipinski definition) is 1. The normalized spacial score (nSPS) is 19.3. The number of benzene rings is 1. The van der Waals surface area contributed by atoms with Crippen molar-refractivity contribution in [2.45, 2.75) is 18.5 Å². The van der Waals surface area contributed by atoms with Crippen molar-refractivity contribution in [1.82, 2.24) is 9.78 Å². The number of carbonyl (C=O) groups excluding carboxylic acids is 1. The summed E-state index contributed by atoms with van der Waals surface area (Å²) < 4.78 is 38.7. The SMILES string of the molecule is Cn1nc(NC(=O)[C@H]2C[C@@H]2c2ccc(C(F)(F)F)cc2)c(Cl)c(Cl)c1=O. The van der Waals surface area contributed by atoms with Crippen LogP contribution < -0.4 is 10.9 Å². The van der Waals surface area contributed by atoms with Crippen molar-refractivity contribution in [3.8, 4) is 0 Å². The Morgan fingerprint density at radius 2 is 1.85 bits per heavy atom. The number of nitrogens with zero attached hydrogens (tertiary/aromatic N) is 2. The van der Waals surface area contributed by atoms with Crippen molar-refractivity contribution < 1.29 is 18.0 Å². The van der Waals surface area contributed by atoms with Gasteiger partial charge in [-0.1, -0.05) is 35.3 Å². The molecule has 26 heavy (non-hydrogen) atoms. The van der Waals surface area contributed by atoms with Crippen LogP contribution in [0.2, 0.25) is 10.0 Å². The molecular weight excluding hydrogens is 394 g/mol. The third-order valence-corrected chi connectivity index (χ3v) is 4.98. The predicted molar refractivity (Wildman–Crippen MR) is 90.4 cm³/mol. The summed E-state index contributed by atoms with van der Waals surface area (Å²) in [6, 6.07) is 4.73. The lowest BCUT2D eigenvalue weighted by Crippen LogP contribution is -2.24. The zero-order chi connectivity index (χ0) is 19.2. The van der Waals surface area contributed by atoms with E-state index >= 15 is 0 Å². The molecule has 10 heteroatoms. The molecule has 0 aliphatic heterocycles. The summed E-state index contributed by atoms with van der Waals surface area (Å²) in [5.74, 6) is -1.03. The zero-order valence-electron chi connectivity index (χ0n) is 13.3. The molecule has 1 aliphatic carbocycles. The third-order valence-electron chi connectivity index (χ3n) is 4.17. The number of aromatic nitrogens is 2. The van der Waals surface area contributed by atoms with Crippen LogP contribution in [-0.4, -0.2) is 15.7 Å². The van der Waals surface area contributed by atoms with Gasteiger partial charge in [0.25, 0.3) is 5.56 Å². The van der Waals surface area contributed by atoms with E-state index in [1.165, 1.54) is 19.2 Å². The highest BCUT2D eigenvalue weighted by molar-refractivity contribution is 6.43. The van der Waals surface area contributed by atoms with E-state index in [1.54, 1.807) is 0 Å². The quantitative estimate of drug-likeness (QED) is 0.843. The molecule has 1 aromatic heterocycles. The number of amides is 1. The number of rotatable bonds is 3. The van der Waals surface area contributed by atoms with E-state index in [0.29, 0.717) is 12.0 Å². The van der Waals surface area contributed by atoms with Gasteiger partial charge in [-0.3, -0.25) is 9.59 Å². The van der Waals surface area contributed by atoms with E-state index in [-0.39, 0.29) is 27.7 Å². The van der Waals surface area contributed by atoms with Crippen LogP contribution in [0.5, 0.6) is 0 Å². The summed E-state index contributed by atoms with van der Waals surface area (Å²) in [5.41, 5.74) is -0.682. The number of anilines is 1. The summed E-state index contributed by atoms with van der Waals surface area (Å²) in [5, 5.41) is 5.95. The van der Waals surface area contributed by atoms with Gasteiger partial charge in [-0.2, -0.15) is 18.3 Å². The number of halogens is 5. The van der Waals surface area contributed by atoms with Gasteiger partial charge in [0.15, 0.2) is 5.82 Å². The Morgan fingerprint density at radius 3 is 2.42 bits per heavy atom. The average molecular weight is 406 g/mol. The van der Waals surface area contributed by atoms with Crippen LogP contribution in [0.1, 0.15) is 23.5 Å². The summed E-state index contributed by atoms with van der Waals surface area (Å²) in [4.78, 5) is 23.9.